The number of guanidine groups is 1. The Kier molecular flexibility index (Phi) is 11.4. The van der Waals surface area contributed by atoms with Gasteiger partial charge in [0.05, 0.1) is 19.8 Å². The normalized spacial score (nSPS) is 11.9. The van der Waals surface area contributed by atoms with E-state index in [1.807, 2.05) is 19.1 Å². The van der Waals surface area contributed by atoms with Crippen molar-refractivity contribution in [3.63, 3.8) is 0 Å². The Morgan fingerprint density at radius 3 is 2.50 bits per heavy atom. The van der Waals surface area contributed by atoms with Crippen molar-refractivity contribution in [3.05, 3.63) is 59.7 Å². The molecule has 1 unspecified atom stereocenters. The molecule has 0 aromatic heterocycles. The highest BCUT2D eigenvalue weighted by Gasteiger charge is 2.08. The topological polar surface area (TPSA) is 54.9 Å². The van der Waals surface area contributed by atoms with E-state index in [-0.39, 0.29) is 30.0 Å². The zero-order chi connectivity index (χ0) is 19.5. The van der Waals surface area contributed by atoms with Crippen LogP contribution in [0.25, 0.3) is 0 Å². The lowest BCUT2D eigenvalue weighted by atomic mass is 10.1. The first-order valence-electron chi connectivity index (χ1n) is 9.49. The SMILES string of the molecule is CCOc1cc(CCCNC(=NC)NC(C)c2ccccc2)ccc1OC.I. The van der Waals surface area contributed by atoms with Crippen LogP contribution in [-0.2, 0) is 6.42 Å². The average molecular weight is 497 g/mol. The van der Waals surface area contributed by atoms with Crippen LogP contribution in [0.5, 0.6) is 11.5 Å². The Bertz CT molecular complexity index is 723. The highest BCUT2D eigenvalue weighted by Crippen LogP contribution is 2.28. The predicted octanol–water partition coefficient (Wildman–Crippen LogP) is 4.57. The van der Waals surface area contributed by atoms with Crippen molar-refractivity contribution in [2.24, 2.45) is 4.99 Å². The zero-order valence-electron chi connectivity index (χ0n) is 17.2. The monoisotopic (exact) mass is 497 g/mol. The van der Waals surface area contributed by atoms with Gasteiger partial charge in [0, 0.05) is 13.6 Å². The molecule has 154 valence electrons. The second-order valence-corrected chi connectivity index (χ2v) is 6.30. The molecule has 2 aromatic rings. The van der Waals surface area contributed by atoms with Gasteiger partial charge in [-0.15, -0.1) is 24.0 Å². The standard InChI is InChI=1S/C22H31N3O2.HI/c1-5-27-21-16-18(13-14-20(21)26-4)10-9-15-24-22(23-3)25-17(2)19-11-7-6-8-12-19;/h6-8,11-14,16-17H,5,9-10,15H2,1-4H3,(H2,23,24,25);1H. The van der Waals surface area contributed by atoms with Crippen LogP contribution >= 0.6 is 24.0 Å². The molecule has 0 saturated heterocycles. The van der Waals surface area contributed by atoms with Gasteiger partial charge in [-0.05, 0) is 49.9 Å². The Labute approximate surface area is 186 Å². The van der Waals surface area contributed by atoms with Gasteiger partial charge in [0.1, 0.15) is 0 Å². The molecule has 0 saturated carbocycles. The lowest BCUT2D eigenvalue weighted by molar-refractivity contribution is 0.310. The number of ether oxygens (including phenoxy) is 2. The first-order valence-corrected chi connectivity index (χ1v) is 9.49. The lowest BCUT2D eigenvalue weighted by Gasteiger charge is -2.18. The Morgan fingerprint density at radius 2 is 1.86 bits per heavy atom. The van der Waals surface area contributed by atoms with E-state index in [0.717, 1.165) is 36.8 Å². The van der Waals surface area contributed by atoms with Gasteiger partial charge >= 0.3 is 0 Å². The number of nitrogens with one attached hydrogen (secondary N) is 2. The molecule has 2 aromatic carbocycles. The third-order valence-corrected chi connectivity index (χ3v) is 4.34. The number of methoxy groups -OCH3 is 1. The molecule has 1 atom stereocenters. The van der Waals surface area contributed by atoms with Crippen LogP contribution in [0, 0.1) is 0 Å². The second kappa shape index (κ2) is 13.3. The van der Waals surface area contributed by atoms with E-state index in [2.05, 4.69) is 58.9 Å². The zero-order valence-corrected chi connectivity index (χ0v) is 19.5. The summed E-state index contributed by atoms with van der Waals surface area (Å²) < 4.78 is 11.0. The fourth-order valence-corrected chi connectivity index (χ4v) is 2.87. The van der Waals surface area contributed by atoms with E-state index in [4.69, 9.17) is 9.47 Å². The van der Waals surface area contributed by atoms with E-state index in [9.17, 15) is 0 Å². The Balaban J connectivity index is 0.00000392. The highest BCUT2D eigenvalue weighted by molar-refractivity contribution is 14.0. The largest absolute Gasteiger partial charge is 0.493 e. The van der Waals surface area contributed by atoms with Gasteiger partial charge in [0.25, 0.3) is 0 Å². The fraction of sp³-hybridized carbons (Fsp3) is 0.409. The molecule has 0 fully saturated rings. The molecule has 5 nitrogen and oxygen atoms in total. The second-order valence-electron chi connectivity index (χ2n) is 6.30. The summed E-state index contributed by atoms with van der Waals surface area (Å²) in [7, 11) is 3.46. The maximum absolute atomic E-state index is 5.65. The third-order valence-electron chi connectivity index (χ3n) is 4.34. The summed E-state index contributed by atoms with van der Waals surface area (Å²) in [6.45, 7) is 5.58. The van der Waals surface area contributed by atoms with Gasteiger partial charge in [-0.25, -0.2) is 0 Å². The number of halogens is 1. The Hall–Kier alpha value is -1.96. The maximum Gasteiger partial charge on any atom is 0.191 e. The fourth-order valence-electron chi connectivity index (χ4n) is 2.87. The minimum Gasteiger partial charge on any atom is -0.493 e. The van der Waals surface area contributed by atoms with Crippen molar-refractivity contribution in [3.8, 4) is 11.5 Å². The minimum absolute atomic E-state index is 0. The lowest BCUT2D eigenvalue weighted by Crippen LogP contribution is -2.39. The minimum atomic E-state index is 0. The van der Waals surface area contributed by atoms with Gasteiger partial charge in [-0.2, -0.15) is 0 Å². The highest BCUT2D eigenvalue weighted by atomic mass is 127. The number of nitrogens with zero attached hydrogens (tertiary/aromatic N) is 1. The van der Waals surface area contributed by atoms with Crippen LogP contribution in [0.3, 0.4) is 0 Å². The molecular formula is C22H32IN3O2. The summed E-state index contributed by atoms with van der Waals surface area (Å²) in [4.78, 5) is 4.32. The van der Waals surface area contributed by atoms with Crippen LogP contribution in [0.15, 0.2) is 53.5 Å². The maximum atomic E-state index is 5.65. The van der Waals surface area contributed by atoms with Crippen LogP contribution in [0.4, 0.5) is 0 Å². The molecule has 0 amide bonds. The predicted molar refractivity (Wildman–Crippen MR) is 127 cm³/mol. The van der Waals surface area contributed by atoms with Crippen molar-refractivity contribution < 1.29 is 9.47 Å². The van der Waals surface area contributed by atoms with Crippen molar-refractivity contribution in [2.75, 3.05) is 27.3 Å². The van der Waals surface area contributed by atoms with Crippen LogP contribution in [0.1, 0.15) is 37.4 Å². The summed E-state index contributed by atoms with van der Waals surface area (Å²) in [6, 6.07) is 16.7. The van der Waals surface area contributed by atoms with Crippen molar-refractivity contribution in [2.45, 2.75) is 32.7 Å². The molecule has 2 rings (SSSR count). The molecule has 28 heavy (non-hydrogen) atoms. The first-order chi connectivity index (χ1) is 13.2. The summed E-state index contributed by atoms with van der Waals surface area (Å²) in [5, 5.41) is 6.81. The molecule has 0 spiro atoms. The van der Waals surface area contributed by atoms with Crippen LogP contribution < -0.4 is 20.1 Å². The van der Waals surface area contributed by atoms with E-state index < -0.39 is 0 Å². The third kappa shape index (κ3) is 7.58. The number of hydrogen-bond acceptors (Lipinski definition) is 3. The summed E-state index contributed by atoms with van der Waals surface area (Å²) >= 11 is 0. The van der Waals surface area contributed by atoms with Gasteiger partial charge < -0.3 is 20.1 Å². The number of benzene rings is 2. The molecule has 0 bridgehead atoms. The van der Waals surface area contributed by atoms with Crippen molar-refractivity contribution >= 4 is 29.9 Å². The van der Waals surface area contributed by atoms with E-state index >= 15 is 0 Å². The molecule has 0 radical (unpaired) electrons. The molecule has 0 aliphatic carbocycles. The summed E-state index contributed by atoms with van der Waals surface area (Å²) in [5.41, 5.74) is 2.48. The summed E-state index contributed by atoms with van der Waals surface area (Å²) in [6.07, 6.45) is 1.96. The number of aliphatic imine (C=N–C) groups is 1. The van der Waals surface area contributed by atoms with Crippen LogP contribution in [-0.4, -0.2) is 33.3 Å². The molecule has 0 heterocycles. The van der Waals surface area contributed by atoms with Crippen molar-refractivity contribution in [1.29, 1.82) is 0 Å². The van der Waals surface area contributed by atoms with E-state index in [1.165, 1.54) is 11.1 Å². The average Bonchev–Trinajstić information content (AvgIpc) is 2.71. The van der Waals surface area contributed by atoms with Gasteiger partial charge in [0.15, 0.2) is 17.5 Å². The first kappa shape index (κ1) is 24.1. The molecular weight excluding hydrogens is 465 g/mol. The van der Waals surface area contributed by atoms with Crippen LogP contribution in [0.2, 0.25) is 0 Å². The molecule has 2 N–H and O–H groups in total. The van der Waals surface area contributed by atoms with E-state index in [0.29, 0.717) is 6.61 Å². The quantitative estimate of drug-likeness (QED) is 0.231. The van der Waals surface area contributed by atoms with E-state index in [1.54, 1.807) is 14.2 Å². The molecule has 0 aliphatic rings. The Morgan fingerprint density at radius 1 is 1.11 bits per heavy atom. The smallest absolute Gasteiger partial charge is 0.191 e. The van der Waals surface area contributed by atoms with Crippen molar-refractivity contribution in [1.82, 2.24) is 10.6 Å². The molecule has 6 heteroatoms. The van der Waals surface area contributed by atoms with Gasteiger partial charge in [0.2, 0.25) is 0 Å². The van der Waals surface area contributed by atoms with Gasteiger partial charge in [-0.3, -0.25) is 4.99 Å². The number of aryl methyl sites for hydroxylation is 1. The number of hydrogen-bond donors (Lipinski definition) is 2. The molecule has 0 aliphatic heterocycles. The number of rotatable bonds is 9. The summed E-state index contributed by atoms with van der Waals surface area (Å²) in [5.74, 6) is 2.40. The van der Waals surface area contributed by atoms with Gasteiger partial charge in [-0.1, -0.05) is 36.4 Å².